The Balaban J connectivity index is 1.27. The van der Waals surface area contributed by atoms with E-state index in [1.54, 1.807) is 24.3 Å². The molecule has 3 heterocycles. The number of hydrogen-bond donors (Lipinski definition) is 2. The number of carbonyl (C=O) groups is 3. The van der Waals surface area contributed by atoms with Crippen molar-refractivity contribution < 1.29 is 27.5 Å². The van der Waals surface area contributed by atoms with Crippen molar-refractivity contribution in [1.82, 2.24) is 14.5 Å². The van der Waals surface area contributed by atoms with Gasteiger partial charge in [-0.15, -0.1) is 0 Å². The molecule has 5 rings (SSSR count). The van der Waals surface area contributed by atoms with Crippen LogP contribution in [0.5, 0.6) is 5.75 Å². The van der Waals surface area contributed by atoms with Gasteiger partial charge in [-0.1, -0.05) is 18.2 Å². The van der Waals surface area contributed by atoms with E-state index in [-0.39, 0.29) is 17.9 Å². The lowest BCUT2D eigenvalue weighted by Crippen LogP contribution is -2.48. The largest absolute Gasteiger partial charge is 0.493 e. The Morgan fingerprint density at radius 1 is 1.06 bits per heavy atom. The number of fused-ring (bicyclic) bond motifs is 2. The average Bonchev–Trinajstić information content (AvgIpc) is 3.45. The summed E-state index contributed by atoms with van der Waals surface area (Å²) in [6, 6.07) is 12.2. The molecule has 0 bridgehead atoms. The predicted molar refractivity (Wildman–Crippen MR) is 122 cm³/mol. The van der Waals surface area contributed by atoms with E-state index in [0.717, 1.165) is 17.7 Å². The van der Waals surface area contributed by atoms with Crippen molar-refractivity contribution in [3.63, 3.8) is 0 Å². The van der Waals surface area contributed by atoms with Gasteiger partial charge in [-0.3, -0.25) is 14.5 Å². The van der Waals surface area contributed by atoms with Gasteiger partial charge in [-0.05, 0) is 43.2 Å². The number of para-hydroxylation sites is 1. The van der Waals surface area contributed by atoms with Crippen molar-refractivity contribution in [2.75, 3.05) is 31.6 Å². The molecule has 1 unspecified atom stereocenters. The summed E-state index contributed by atoms with van der Waals surface area (Å²) in [6.07, 6.45) is 1.95. The van der Waals surface area contributed by atoms with Crippen molar-refractivity contribution in [2.45, 2.75) is 29.7 Å². The molecule has 2 aromatic carbocycles. The molecule has 10 nitrogen and oxygen atoms in total. The number of ether oxygens (including phenoxy) is 1. The Morgan fingerprint density at radius 3 is 2.50 bits per heavy atom. The van der Waals surface area contributed by atoms with Crippen LogP contribution in [0.2, 0.25) is 0 Å². The van der Waals surface area contributed by atoms with E-state index in [9.17, 15) is 22.8 Å². The summed E-state index contributed by atoms with van der Waals surface area (Å²) >= 11 is 0. The summed E-state index contributed by atoms with van der Waals surface area (Å²) in [6.45, 7) is 0.800. The zero-order valence-corrected chi connectivity index (χ0v) is 19.1. The van der Waals surface area contributed by atoms with E-state index >= 15 is 0 Å². The van der Waals surface area contributed by atoms with Crippen LogP contribution in [0.25, 0.3) is 0 Å². The van der Waals surface area contributed by atoms with E-state index in [1.165, 1.54) is 28.6 Å². The number of benzene rings is 2. The lowest BCUT2D eigenvalue weighted by molar-refractivity contribution is -0.135. The molecule has 2 saturated heterocycles. The van der Waals surface area contributed by atoms with Gasteiger partial charge in [0.05, 0.1) is 11.5 Å². The number of nitrogens with zero attached hydrogens (tertiary/aromatic N) is 2. The smallest absolute Gasteiger partial charge is 0.325 e. The summed E-state index contributed by atoms with van der Waals surface area (Å²) in [7, 11) is -3.55. The highest BCUT2D eigenvalue weighted by Gasteiger charge is 2.55. The Kier molecular flexibility index (Phi) is 5.53. The third kappa shape index (κ3) is 3.70. The van der Waals surface area contributed by atoms with Gasteiger partial charge in [0.15, 0.2) is 5.54 Å². The fourth-order valence-corrected chi connectivity index (χ4v) is 6.16. The van der Waals surface area contributed by atoms with Crippen molar-refractivity contribution in [3.05, 3.63) is 54.1 Å². The first kappa shape index (κ1) is 22.4. The fourth-order valence-electron chi connectivity index (χ4n) is 4.65. The number of urea groups is 1. The predicted octanol–water partition coefficient (Wildman–Crippen LogP) is 1.64. The second kappa shape index (κ2) is 8.41. The number of anilines is 1. The number of hydrogen-bond acceptors (Lipinski definition) is 6. The first-order valence-corrected chi connectivity index (χ1v) is 12.5. The van der Waals surface area contributed by atoms with Crippen molar-refractivity contribution in [3.8, 4) is 5.75 Å². The molecule has 1 spiro atoms. The number of carbonyl (C=O) groups excluding carboxylic acids is 3. The van der Waals surface area contributed by atoms with Gasteiger partial charge >= 0.3 is 6.03 Å². The maximum atomic E-state index is 13.3. The van der Waals surface area contributed by atoms with Gasteiger partial charge in [0.2, 0.25) is 15.9 Å². The first-order valence-electron chi connectivity index (χ1n) is 11.1. The number of rotatable bonds is 5. The summed E-state index contributed by atoms with van der Waals surface area (Å²) in [5.41, 5.74) is -0.321. The zero-order chi connectivity index (χ0) is 23.9. The number of amides is 4. The quantitative estimate of drug-likeness (QED) is 0.622. The minimum Gasteiger partial charge on any atom is -0.493 e. The Bertz CT molecular complexity index is 1260. The van der Waals surface area contributed by atoms with Crippen LogP contribution >= 0.6 is 0 Å². The third-order valence-electron chi connectivity index (χ3n) is 6.40. The number of sulfonamides is 1. The normalized spacial score (nSPS) is 22.4. The summed E-state index contributed by atoms with van der Waals surface area (Å²) in [4.78, 5) is 39.6. The molecule has 4 amide bonds. The van der Waals surface area contributed by atoms with Crippen molar-refractivity contribution >= 4 is 33.6 Å². The highest BCUT2D eigenvalue weighted by atomic mass is 32.2. The van der Waals surface area contributed by atoms with Crippen LogP contribution in [0.3, 0.4) is 0 Å². The molecule has 3 aliphatic heterocycles. The van der Waals surface area contributed by atoms with Crippen LogP contribution in [0, 0.1) is 0 Å². The van der Waals surface area contributed by atoms with Gasteiger partial charge in [0.25, 0.3) is 5.91 Å². The highest BCUT2D eigenvalue weighted by Crippen LogP contribution is 2.40. The van der Waals surface area contributed by atoms with Crippen LogP contribution in [0.1, 0.15) is 24.8 Å². The highest BCUT2D eigenvalue weighted by molar-refractivity contribution is 7.89. The second-order valence-electron chi connectivity index (χ2n) is 8.51. The Morgan fingerprint density at radius 2 is 1.76 bits per heavy atom. The van der Waals surface area contributed by atoms with Gasteiger partial charge in [0, 0.05) is 30.8 Å². The molecule has 3 aliphatic rings. The van der Waals surface area contributed by atoms with Gasteiger partial charge in [-0.25, -0.2) is 13.2 Å². The Labute approximate surface area is 196 Å². The monoisotopic (exact) mass is 484 g/mol. The second-order valence-corrected chi connectivity index (χ2v) is 10.4. The number of nitrogens with one attached hydrogen (secondary N) is 2. The molecule has 178 valence electrons. The zero-order valence-electron chi connectivity index (χ0n) is 18.3. The van der Waals surface area contributed by atoms with E-state index in [0.29, 0.717) is 30.1 Å². The minimum absolute atomic E-state index is 0.154. The van der Waals surface area contributed by atoms with E-state index in [2.05, 4.69) is 10.6 Å². The molecule has 34 heavy (non-hydrogen) atoms. The lowest BCUT2D eigenvalue weighted by atomic mass is 9.84. The summed E-state index contributed by atoms with van der Waals surface area (Å²) < 4.78 is 32.3. The van der Waals surface area contributed by atoms with Crippen LogP contribution in [-0.4, -0.2) is 61.7 Å². The molecule has 0 radical (unpaired) electrons. The molecule has 2 N–H and O–H groups in total. The topological polar surface area (TPSA) is 125 Å². The van der Waals surface area contributed by atoms with Crippen LogP contribution in [0.4, 0.5) is 10.5 Å². The van der Waals surface area contributed by atoms with Crippen LogP contribution < -0.4 is 15.4 Å². The van der Waals surface area contributed by atoms with Gasteiger partial charge in [-0.2, -0.15) is 4.31 Å². The first-order chi connectivity index (χ1) is 16.3. The minimum atomic E-state index is -3.55. The maximum absolute atomic E-state index is 13.3. The summed E-state index contributed by atoms with van der Waals surface area (Å²) in [5.74, 6) is -0.552. The summed E-state index contributed by atoms with van der Waals surface area (Å²) in [5, 5.41) is 5.37. The SMILES string of the molecule is O=C(CN1C(=O)NC2(CCOc3ccccc32)C1=O)Nc1ccc(S(=O)(=O)N2CCCC2)cc1. The number of imide groups is 1. The maximum Gasteiger partial charge on any atom is 0.325 e. The molecular weight excluding hydrogens is 460 g/mol. The van der Waals surface area contributed by atoms with Gasteiger partial charge in [0.1, 0.15) is 12.3 Å². The molecular formula is C23H24N4O6S. The molecule has 2 aromatic rings. The molecule has 11 heteroatoms. The fraction of sp³-hybridized carbons (Fsp3) is 0.348. The van der Waals surface area contributed by atoms with Crippen LogP contribution in [-0.2, 0) is 25.2 Å². The van der Waals surface area contributed by atoms with E-state index < -0.39 is 40.0 Å². The molecule has 0 aliphatic carbocycles. The van der Waals surface area contributed by atoms with Crippen molar-refractivity contribution in [2.24, 2.45) is 0 Å². The molecule has 1 atom stereocenters. The van der Waals surface area contributed by atoms with Crippen molar-refractivity contribution in [1.29, 1.82) is 0 Å². The lowest BCUT2D eigenvalue weighted by Gasteiger charge is -2.33. The molecule has 0 saturated carbocycles. The van der Waals surface area contributed by atoms with Gasteiger partial charge < -0.3 is 15.4 Å². The third-order valence-corrected chi connectivity index (χ3v) is 8.31. The van der Waals surface area contributed by atoms with E-state index in [1.807, 2.05) is 0 Å². The Hall–Kier alpha value is -3.44. The average molecular weight is 485 g/mol. The van der Waals surface area contributed by atoms with Crippen LogP contribution in [0.15, 0.2) is 53.4 Å². The molecule has 2 fully saturated rings. The standard InChI is InChI=1S/C23H24N4O6S/c28-20(24-16-7-9-17(10-8-16)34(31,32)26-12-3-4-13-26)15-27-21(29)23(25-22(27)30)11-14-33-19-6-2-1-5-18(19)23/h1-2,5-10H,3-4,11-15H2,(H,24,28)(H,25,30). The molecule has 0 aromatic heterocycles. The van der Waals surface area contributed by atoms with E-state index in [4.69, 9.17) is 4.74 Å².